The monoisotopic (exact) mass is 736 g/mol. The molecule has 12 rings (SSSR count). The molecule has 4 heteroatoms. The minimum Gasteiger partial charge on any atom is -0.483 e. The number of hydrogen-bond donors (Lipinski definition) is 0. The second kappa shape index (κ2) is 12.6. The summed E-state index contributed by atoms with van der Waals surface area (Å²) in [6.07, 6.45) is 19.7. The molecule has 4 nitrogen and oxygen atoms in total. The van der Waals surface area contributed by atoms with E-state index in [1.54, 1.807) is 0 Å². The molecule has 4 atom stereocenters. The first-order valence-electron chi connectivity index (χ1n) is 20.3. The average molecular weight is 737 g/mol. The Morgan fingerprint density at radius 1 is 0.561 bits per heavy atom. The molecule has 0 bridgehead atoms. The molecule has 0 radical (unpaired) electrons. The molecule has 1 aliphatic heterocycles. The first-order valence-corrected chi connectivity index (χ1v) is 20.3. The van der Waals surface area contributed by atoms with Gasteiger partial charge < -0.3 is 19.0 Å². The second-order valence-electron chi connectivity index (χ2n) is 15.9. The van der Waals surface area contributed by atoms with Crippen LogP contribution in [0.25, 0.3) is 43.5 Å². The number of allylic oxidation sites excluding steroid dienone is 4. The molecule has 4 unspecified atom stereocenters. The van der Waals surface area contributed by atoms with Crippen molar-refractivity contribution in [3.8, 4) is 5.75 Å². The number of fused-ring (bicyclic) bond motifs is 6. The normalized spacial score (nSPS) is 20.1. The van der Waals surface area contributed by atoms with E-state index < -0.39 is 0 Å². The van der Waals surface area contributed by atoms with Crippen molar-refractivity contribution in [1.29, 1.82) is 0 Å². The summed E-state index contributed by atoms with van der Waals surface area (Å²) in [5, 5.41) is 7.50. The molecule has 8 aromatic rings. The molecule has 1 aromatic heterocycles. The van der Waals surface area contributed by atoms with Crippen LogP contribution < -0.4 is 14.5 Å². The first kappa shape index (κ1) is 32.5. The van der Waals surface area contributed by atoms with Crippen LogP contribution in [0.4, 0.5) is 28.4 Å². The zero-order valence-electron chi connectivity index (χ0n) is 31.7. The number of hydrogen-bond acceptors (Lipinski definition) is 4. The van der Waals surface area contributed by atoms with E-state index in [2.05, 4.69) is 193 Å². The lowest BCUT2D eigenvalue weighted by Crippen LogP contribution is -2.36. The SMILES string of the molecule is CC1C=CC=CC1N(c1ccc2ccc3c(N(c4ccccc4)c4cccc5c4OC4C=CC=CC54)ccc4c3c2c1CC4)c1cccc2c1oc1ccccc12. The number of benzene rings is 7. The van der Waals surface area contributed by atoms with Crippen molar-refractivity contribution in [2.24, 2.45) is 5.92 Å². The van der Waals surface area contributed by atoms with E-state index in [9.17, 15) is 0 Å². The Kier molecular flexibility index (Phi) is 7.19. The topological polar surface area (TPSA) is 28.9 Å². The minimum absolute atomic E-state index is 0.00369. The van der Waals surface area contributed by atoms with Gasteiger partial charge in [-0.15, -0.1) is 0 Å². The number of furan rings is 1. The molecular weight excluding hydrogens is 697 g/mol. The van der Waals surface area contributed by atoms with Crippen LogP contribution in [0.3, 0.4) is 0 Å². The van der Waals surface area contributed by atoms with Gasteiger partial charge in [-0.2, -0.15) is 0 Å². The van der Waals surface area contributed by atoms with Crippen molar-refractivity contribution in [2.45, 2.75) is 37.8 Å². The number of nitrogens with zero attached hydrogens (tertiary/aromatic N) is 2. The molecule has 0 fully saturated rings. The Morgan fingerprint density at radius 2 is 1.33 bits per heavy atom. The molecule has 0 saturated carbocycles. The molecule has 0 saturated heterocycles. The third-order valence-corrected chi connectivity index (χ3v) is 12.7. The van der Waals surface area contributed by atoms with Gasteiger partial charge in [0.05, 0.1) is 23.1 Å². The predicted octanol–water partition coefficient (Wildman–Crippen LogP) is 13.7. The molecule has 0 amide bonds. The fourth-order valence-electron chi connectivity index (χ4n) is 10.1. The largest absolute Gasteiger partial charge is 0.483 e. The van der Waals surface area contributed by atoms with Crippen molar-refractivity contribution in [2.75, 3.05) is 9.80 Å². The maximum atomic E-state index is 6.80. The van der Waals surface area contributed by atoms with Gasteiger partial charge in [-0.3, -0.25) is 0 Å². The van der Waals surface area contributed by atoms with E-state index >= 15 is 0 Å². The number of para-hydroxylation sites is 4. The minimum atomic E-state index is 0.00369. The molecule has 4 aliphatic rings. The zero-order valence-corrected chi connectivity index (χ0v) is 31.7. The Morgan fingerprint density at radius 3 is 2.26 bits per heavy atom. The van der Waals surface area contributed by atoms with Gasteiger partial charge in [-0.25, -0.2) is 0 Å². The van der Waals surface area contributed by atoms with E-state index in [-0.39, 0.29) is 18.1 Å². The maximum absolute atomic E-state index is 6.80. The Balaban J connectivity index is 1.10. The first-order chi connectivity index (χ1) is 28.2. The summed E-state index contributed by atoms with van der Waals surface area (Å²) in [6, 6.07) is 46.6. The molecule has 7 aromatic carbocycles. The third-order valence-electron chi connectivity index (χ3n) is 12.7. The molecular formula is C53H40N2O2. The van der Waals surface area contributed by atoms with E-state index in [0.29, 0.717) is 5.92 Å². The van der Waals surface area contributed by atoms with Crippen LogP contribution in [-0.4, -0.2) is 12.1 Å². The van der Waals surface area contributed by atoms with E-state index in [1.807, 2.05) is 0 Å². The van der Waals surface area contributed by atoms with Gasteiger partial charge in [0.25, 0.3) is 0 Å². The highest BCUT2D eigenvalue weighted by Gasteiger charge is 2.36. The van der Waals surface area contributed by atoms with Crippen molar-refractivity contribution in [3.63, 3.8) is 0 Å². The van der Waals surface area contributed by atoms with Crippen LogP contribution in [0.5, 0.6) is 5.75 Å². The predicted molar refractivity (Wildman–Crippen MR) is 236 cm³/mol. The van der Waals surface area contributed by atoms with Gasteiger partial charge in [0, 0.05) is 39.0 Å². The highest BCUT2D eigenvalue weighted by atomic mass is 16.5. The van der Waals surface area contributed by atoms with Gasteiger partial charge in [0.15, 0.2) is 5.58 Å². The summed E-state index contributed by atoms with van der Waals surface area (Å²) in [6.45, 7) is 2.33. The third kappa shape index (κ3) is 4.86. The van der Waals surface area contributed by atoms with Gasteiger partial charge in [-0.05, 0) is 94.6 Å². The van der Waals surface area contributed by atoms with Gasteiger partial charge >= 0.3 is 0 Å². The van der Waals surface area contributed by atoms with Crippen LogP contribution >= 0.6 is 0 Å². The van der Waals surface area contributed by atoms with Crippen LogP contribution in [0.15, 0.2) is 180 Å². The van der Waals surface area contributed by atoms with Crippen LogP contribution in [-0.2, 0) is 12.8 Å². The van der Waals surface area contributed by atoms with Gasteiger partial charge in [0.1, 0.15) is 17.4 Å². The quantitative estimate of drug-likeness (QED) is 0.159. The standard InChI is InChI=1S/C53H40N2O2/c1-33-13-5-8-20-43(33)55(47-22-12-19-40-38-17-7-10-24-49(38)57-53(40)47)45-32-28-35-25-29-41-44(31-27-34-26-30-42(45)51(35)50(34)41)54(36-14-3-2-4-15-36)46-21-11-18-39-37-16-6-9-23-48(37)56-52(39)46/h2-25,27-29,31-33,37,43,48H,26,30H2,1H3. The molecule has 0 N–H and O–H groups in total. The Labute approximate surface area is 331 Å². The highest BCUT2D eigenvalue weighted by molar-refractivity contribution is 6.18. The smallest absolute Gasteiger partial charge is 0.159 e. The summed E-state index contributed by atoms with van der Waals surface area (Å²) >= 11 is 0. The summed E-state index contributed by atoms with van der Waals surface area (Å²) in [5.74, 6) is 1.46. The van der Waals surface area contributed by atoms with Crippen molar-refractivity contribution >= 4 is 71.9 Å². The zero-order chi connectivity index (χ0) is 37.6. The summed E-state index contributed by atoms with van der Waals surface area (Å²) < 4.78 is 13.5. The fourth-order valence-corrected chi connectivity index (χ4v) is 10.1. The van der Waals surface area contributed by atoms with Crippen molar-refractivity contribution in [3.05, 3.63) is 193 Å². The lowest BCUT2D eigenvalue weighted by atomic mass is 9.83. The molecule has 274 valence electrons. The Hall–Kier alpha value is -6.78. The molecule has 2 heterocycles. The van der Waals surface area contributed by atoms with E-state index in [4.69, 9.17) is 9.15 Å². The average Bonchev–Trinajstić information content (AvgIpc) is 3.84. The van der Waals surface area contributed by atoms with Crippen LogP contribution in [0.1, 0.15) is 29.5 Å². The number of aryl methyl sites for hydroxylation is 2. The maximum Gasteiger partial charge on any atom is 0.159 e. The summed E-state index contributed by atoms with van der Waals surface area (Å²) in [4.78, 5) is 4.99. The van der Waals surface area contributed by atoms with E-state index in [1.165, 1.54) is 43.9 Å². The van der Waals surface area contributed by atoms with Crippen LogP contribution in [0, 0.1) is 5.92 Å². The van der Waals surface area contributed by atoms with Crippen molar-refractivity contribution < 1.29 is 9.15 Å². The summed E-state index contributed by atoms with van der Waals surface area (Å²) in [7, 11) is 0. The van der Waals surface area contributed by atoms with Gasteiger partial charge in [0.2, 0.25) is 0 Å². The summed E-state index contributed by atoms with van der Waals surface area (Å²) in [5.41, 5.74) is 11.5. The van der Waals surface area contributed by atoms with E-state index in [0.717, 1.165) is 63.3 Å². The lowest BCUT2D eigenvalue weighted by molar-refractivity contribution is 0.269. The number of anilines is 5. The molecule has 0 spiro atoms. The number of ether oxygens (including phenoxy) is 1. The van der Waals surface area contributed by atoms with Crippen molar-refractivity contribution in [1.82, 2.24) is 0 Å². The molecule has 3 aliphatic carbocycles. The lowest BCUT2D eigenvalue weighted by Gasteiger charge is -2.38. The van der Waals surface area contributed by atoms with Crippen LogP contribution in [0.2, 0.25) is 0 Å². The van der Waals surface area contributed by atoms with Gasteiger partial charge in [-0.1, -0.05) is 134 Å². The molecule has 57 heavy (non-hydrogen) atoms. The number of rotatable bonds is 6. The fraction of sp³-hybridized carbons (Fsp3) is 0.132. The Bertz CT molecular complexity index is 3060. The second-order valence-corrected chi connectivity index (χ2v) is 15.9. The highest BCUT2D eigenvalue weighted by Crippen LogP contribution is 2.53.